The number of rotatable bonds is 8. The molecule has 0 bridgehead atoms. The number of nitrogens with zero attached hydrogens (tertiary/aromatic N) is 2. The first kappa shape index (κ1) is 27.3. The van der Waals surface area contributed by atoms with E-state index in [1.165, 1.54) is 41.7 Å². The average Bonchev–Trinajstić information content (AvgIpc) is 2.86. The number of esters is 1. The van der Waals surface area contributed by atoms with Crippen LogP contribution < -0.4 is 15.5 Å². The number of carbonyl (C=O) groups is 2. The van der Waals surface area contributed by atoms with E-state index in [-0.39, 0.29) is 50.0 Å². The summed E-state index contributed by atoms with van der Waals surface area (Å²) < 4.78 is 70.9. The van der Waals surface area contributed by atoms with Gasteiger partial charge in [-0.1, -0.05) is 6.07 Å². The van der Waals surface area contributed by atoms with E-state index in [4.69, 9.17) is 0 Å². The first-order valence-corrected chi connectivity index (χ1v) is 12.6. The molecule has 1 fully saturated rings. The van der Waals surface area contributed by atoms with Crippen molar-refractivity contribution in [2.75, 3.05) is 50.1 Å². The number of anilines is 2. The third-order valence-corrected chi connectivity index (χ3v) is 7.51. The third kappa shape index (κ3) is 7.10. The second kappa shape index (κ2) is 11.6. The van der Waals surface area contributed by atoms with Gasteiger partial charge in [-0.3, -0.25) is 4.79 Å². The van der Waals surface area contributed by atoms with E-state index in [1.807, 2.05) is 0 Å². The predicted octanol–water partition coefficient (Wildman–Crippen LogP) is 3.29. The highest BCUT2D eigenvalue weighted by Crippen LogP contribution is 2.32. The Bertz CT molecular complexity index is 1170. The molecule has 0 aromatic heterocycles. The zero-order valence-corrected chi connectivity index (χ0v) is 20.4. The highest BCUT2D eigenvalue weighted by molar-refractivity contribution is 7.89. The standard InChI is InChI=1S/C23H27F3N4O5S/c1-35-21(31)6-3-11-27-22(32)28-18-7-9-20(10-8-18)36(33,34)30-14-12-29(13-15-30)19-5-2-4-17(16-19)23(24,25)26/h2,4-5,7-10,16H,3,6,11-15H2,1H3,(H2,27,28,32). The van der Waals surface area contributed by atoms with Crippen molar-refractivity contribution in [2.24, 2.45) is 0 Å². The third-order valence-electron chi connectivity index (χ3n) is 5.60. The molecule has 13 heteroatoms. The number of halogens is 3. The molecule has 1 aliphatic rings. The van der Waals surface area contributed by atoms with Crippen LogP contribution in [0.25, 0.3) is 0 Å². The number of amides is 2. The van der Waals surface area contributed by atoms with Gasteiger partial charge in [0.25, 0.3) is 0 Å². The summed E-state index contributed by atoms with van der Waals surface area (Å²) in [7, 11) is -2.53. The number of sulfonamides is 1. The van der Waals surface area contributed by atoms with Gasteiger partial charge in [-0.25, -0.2) is 13.2 Å². The van der Waals surface area contributed by atoms with Gasteiger partial charge >= 0.3 is 18.2 Å². The molecule has 2 amide bonds. The number of benzene rings is 2. The summed E-state index contributed by atoms with van der Waals surface area (Å²) in [6, 6.07) is 10.1. The summed E-state index contributed by atoms with van der Waals surface area (Å²) in [5.41, 5.74) is 0.0216. The molecule has 0 spiro atoms. The lowest BCUT2D eigenvalue weighted by atomic mass is 10.1. The maximum atomic E-state index is 13.0. The molecule has 36 heavy (non-hydrogen) atoms. The zero-order valence-electron chi connectivity index (χ0n) is 19.5. The minimum absolute atomic E-state index is 0.0408. The Kier molecular flexibility index (Phi) is 8.79. The Balaban J connectivity index is 1.54. The molecule has 1 saturated heterocycles. The number of hydrogen-bond acceptors (Lipinski definition) is 6. The van der Waals surface area contributed by atoms with E-state index in [9.17, 15) is 31.2 Å². The second-order valence-electron chi connectivity index (χ2n) is 8.02. The molecule has 196 valence electrons. The molecule has 2 aromatic rings. The van der Waals surface area contributed by atoms with Crippen molar-refractivity contribution in [1.82, 2.24) is 9.62 Å². The van der Waals surface area contributed by atoms with Crippen LogP contribution in [0.4, 0.5) is 29.3 Å². The van der Waals surface area contributed by atoms with E-state index in [0.717, 1.165) is 12.1 Å². The fourth-order valence-corrected chi connectivity index (χ4v) is 5.06. The largest absolute Gasteiger partial charge is 0.469 e. The van der Waals surface area contributed by atoms with Crippen molar-refractivity contribution < 1.29 is 35.9 Å². The summed E-state index contributed by atoms with van der Waals surface area (Å²) in [5.74, 6) is -0.369. The van der Waals surface area contributed by atoms with Crippen molar-refractivity contribution >= 4 is 33.4 Å². The van der Waals surface area contributed by atoms with Crippen LogP contribution in [0.5, 0.6) is 0 Å². The monoisotopic (exact) mass is 528 g/mol. The lowest BCUT2D eigenvalue weighted by Gasteiger charge is -2.35. The van der Waals surface area contributed by atoms with Gasteiger partial charge in [0.15, 0.2) is 0 Å². The molecule has 0 radical (unpaired) electrons. The topological polar surface area (TPSA) is 108 Å². The number of urea groups is 1. The highest BCUT2D eigenvalue weighted by atomic mass is 32.2. The number of piperazine rings is 1. The average molecular weight is 529 g/mol. The van der Waals surface area contributed by atoms with E-state index in [1.54, 1.807) is 11.0 Å². The first-order valence-electron chi connectivity index (χ1n) is 11.1. The summed E-state index contributed by atoms with van der Waals surface area (Å²) in [6.07, 6.45) is -3.86. The summed E-state index contributed by atoms with van der Waals surface area (Å²) in [4.78, 5) is 24.8. The number of carbonyl (C=O) groups excluding carboxylic acids is 2. The van der Waals surface area contributed by atoms with Crippen LogP contribution in [0.15, 0.2) is 53.4 Å². The number of alkyl halides is 3. The first-order chi connectivity index (χ1) is 17.0. The van der Waals surface area contributed by atoms with Gasteiger partial charge in [0.05, 0.1) is 17.6 Å². The molecule has 3 rings (SSSR count). The maximum Gasteiger partial charge on any atom is 0.416 e. The number of hydrogen-bond donors (Lipinski definition) is 2. The Morgan fingerprint density at radius 1 is 1.03 bits per heavy atom. The molecular weight excluding hydrogens is 501 g/mol. The molecule has 0 atom stereocenters. The molecule has 9 nitrogen and oxygen atoms in total. The van der Waals surface area contributed by atoms with Crippen LogP contribution in [-0.2, 0) is 25.7 Å². The quantitative estimate of drug-likeness (QED) is 0.402. The van der Waals surface area contributed by atoms with Crippen molar-refractivity contribution in [3.05, 3.63) is 54.1 Å². The van der Waals surface area contributed by atoms with E-state index < -0.39 is 27.8 Å². The summed E-state index contributed by atoms with van der Waals surface area (Å²) in [5, 5.41) is 5.16. The van der Waals surface area contributed by atoms with Crippen molar-refractivity contribution in [1.29, 1.82) is 0 Å². The molecule has 0 saturated carbocycles. The molecule has 0 aliphatic carbocycles. The van der Waals surface area contributed by atoms with Crippen LogP contribution in [0.2, 0.25) is 0 Å². The molecule has 1 heterocycles. The van der Waals surface area contributed by atoms with Gasteiger partial charge in [0.1, 0.15) is 0 Å². The van der Waals surface area contributed by atoms with Crippen molar-refractivity contribution in [3.8, 4) is 0 Å². The molecule has 0 unspecified atom stereocenters. The molecular formula is C23H27F3N4O5S. The Morgan fingerprint density at radius 3 is 2.31 bits per heavy atom. The van der Waals surface area contributed by atoms with E-state index in [0.29, 0.717) is 17.8 Å². The summed E-state index contributed by atoms with van der Waals surface area (Å²) in [6.45, 7) is 0.992. The number of ether oxygens (including phenoxy) is 1. The summed E-state index contributed by atoms with van der Waals surface area (Å²) >= 11 is 0. The molecule has 2 aromatic carbocycles. The number of nitrogens with one attached hydrogen (secondary N) is 2. The lowest BCUT2D eigenvalue weighted by Crippen LogP contribution is -2.48. The highest BCUT2D eigenvalue weighted by Gasteiger charge is 2.32. The minimum Gasteiger partial charge on any atom is -0.469 e. The van der Waals surface area contributed by atoms with E-state index >= 15 is 0 Å². The second-order valence-corrected chi connectivity index (χ2v) is 9.96. The molecule has 2 N–H and O–H groups in total. The Hall–Kier alpha value is -3.32. The Morgan fingerprint density at radius 2 is 1.69 bits per heavy atom. The van der Waals surface area contributed by atoms with Gasteiger partial charge in [0.2, 0.25) is 10.0 Å². The van der Waals surface area contributed by atoms with Crippen LogP contribution in [0.3, 0.4) is 0 Å². The fourth-order valence-electron chi connectivity index (χ4n) is 3.64. The van der Waals surface area contributed by atoms with Crippen molar-refractivity contribution in [2.45, 2.75) is 23.9 Å². The maximum absolute atomic E-state index is 13.0. The fraction of sp³-hybridized carbons (Fsp3) is 0.391. The van der Waals surface area contributed by atoms with Gasteiger partial charge in [-0.2, -0.15) is 17.5 Å². The van der Waals surface area contributed by atoms with Crippen molar-refractivity contribution in [3.63, 3.8) is 0 Å². The minimum atomic E-state index is -4.45. The zero-order chi connectivity index (χ0) is 26.3. The normalized spacial score (nSPS) is 14.8. The van der Waals surface area contributed by atoms with Crippen LogP contribution in [-0.4, -0.2) is 64.6 Å². The van der Waals surface area contributed by atoms with Crippen LogP contribution in [0, 0.1) is 0 Å². The predicted molar refractivity (Wildman–Crippen MR) is 127 cm³/mol. The van der Waals surface area contributed by atoms with Gasteiger partial charge in [-0.15, -0.1) is 0 Å². The van der Waals surface area contributed by atoms with Crippen LogP contribution >= 0.6 is 0 Å². The van der Waals surface area contributed by atoms with Gasteiger partial charge in [-0.05, 0) is 48.9 Å². The molecule has 1 aliphatic heterocycles. The SMILES string of the molecule is COC(=O)CCCNC(=O)Nc1ccc(S(=O)(=O)N2CCN(c3cccc(C(F)(F)F)c3)CC2)cc1. The van der Waals surface area contributed by atoms with Gasteiger partial charge in [0, 0.05) is 50.5 Å². The number of methoxy groups -OCH3 is 1. The van der Waals surface area contributed by atoms with Gasteiger partial charge < -0.3 is 20.3 Å². The lowest BCUT2D eigenvalue weighted by molar-refractivity contribution is -0.140. The smallest absolute Gasteiger partial charge is 0.416 e. The van der Waals surface area contributed by atoms with E-state index in [2.05, 4.69) is 15.4 Å². The Labute approximate surface area is 207 Å². The van der Waals surface area contributed by atoms with Crippen LogP contribution in [0.1, 0.15) is 18.4 Å².